The molecule has 0 aliphatic heterocycles. The van der Waals surface area contributed by atoms with E-state index in [1.54, 1.807) is 0 Å². The summed E-state index contributed by atoms with van der Waals surface area (Å²) in [5.74, 6) is 0. The van der Waals surface area contributed by atoms with E-state index in [0.717, 1.165) is 43.9 Å². The molecule has 0 saturated heterocycles. The van der Waals surface area contributed by atoms with Crippen LogP contribution in [0.2, 0.25) is 0 Å². The molecule has 2 nitrogen and oxygen atoms in total. The molecule has 3 aromatic carbocycles. The molecule has 21 heavy (non-hydrogen) atoms. The van der Waals surface area contributed by atoms with Crippen LogP contribution in [0.4, 0.5) is 0 Å². The van der Waals surface area contributed by atoms with E-state index in [1.807, 2.05) is 36.4 Å². The molecule has 5 aromatic rings. The first-order chi connectivity index (χ1) is 10.3. The lowest BCUT2D eigenvalue weighted by Crippen LogP contribution is -2.01. The van der Waals surface area contributed by atoms with Gasteiger partial charge >= 0.3 is 0 Å². The second-order valence-electron chi connectivity index (χ2n) is 5.46. The predicted molar refractivity (Wildman–Crippen MR) is 89.2 cm³/mol. The van der Waals surface area contributed by atoms with Crippen LogP contribution in [0.1, 0.15) is 0 Å². The van der Waals surface area contributed by atoms with E-state index < -0.39 is 0 Å². The Morgan fingerprint density at radius 1 is 0.619 bits per heavy atom. The van der Waals surface area contributed by atoms with Crippen molar-refractivity contribution in [3.8, 4) is 0 Å². The van der Waals surface area contributed by atoms with Crippen LogP contribution in [0.5, 0.6) is 0 Å². The van der Waals surface area contributed by atoms with E-state index in [1.165, 1.54) is 5.46 Å². The second kappa shape index (κ2) is 3.70. The lowest BCUT2D eigenvalue weighted by Gasteiger charge is -1.95. The van der Waals surface area contributed by atoms with Crippen LogP contribution in [0.3, 0.4) is 0 Å². The highest BCUT2D eigenvalue weighted by molar-refractivity contribution is 6.42. The Bertz CT molecular complexity index is 1150. The lowest BCUT2D eigenvalue weighted by molar-refractivity contribution is 0.663. The molecular weight excluding hydrogens is 259 g/mol. The number of furan rings is 2. The maximum atomic E-state index is 6.13. The smallest absolute Gasteiger partial charge is 0.147 e. The van der Waals surface area contributed by atoms with Gasteiger partial charge in [0.25, 0.3) is 0 Å². The van der Waals surface area contributed by atoms with Gasteiger partial charge in [-0.25, -0.2) is 0 Å². The third kappa shape index (κ3) is 1.33. The van der Waals surface area contributed by atoms with Gasteiger partial charge in [0, 0.05) is 16.2 Å². The zero-order valence-corrected chi connectivity index (χ0v) is 11.5. The summed E-state index contributed by atoms with van der Waals surface area (Å²) in [6.07, 6.45) is 0. The lowest BCUT2D eigenvalue weighted by atomic mass is 9.91. The Kier molecular flexibility index (Phi) is 1.94. The van der Waals surface area contributed by atoms with Crippen molar-refractivity contribution in [3.63, 3.8) is 0 Å². The molecule has 0 bridgehead atoms. The normalized spacial score (nSPS) is 12.0. The molecule has 98 valence electrons. The van der Waals surface area contributed by atoms with Crippen molar-refractivity contribution in [1.82, 2.24) is 0 Å². The molecule has 2 heterocycles. The van der Waals surface area contributed by atoms with E-state index in [-0.39, 0.29) is 0 Å². The minimum atomic E-state index is 0.880. The maximum Gasteiger partial charge on any atom is 0.147 e. The molecule has 0 N–H and O–H groups in total. The molecule has 0 fully saturated rings. The van der Waals surface area contributed by atoms with Gasteiger partial charge in [0.15, 0.2) is 0 Å². The summed E-state index contributed by atoms with van der Waals surface area (Å²) < 4.78 is 12.1. The van der Waals surface area contributed by atoms with Crippen LogP contribution in [0.25, 0.3) is 43.9 Å². The number of para-hydroxylation sites is 1. The zero-order chi connectivity index (χ0) is 14.0. The van der Waals surface area contributed by atoms with Crippen LogP contribution in [-0.2, 0) is 0 Å². The Hall–Kier alpha value is -2.68. The van der Waals surface area contributed by atoms with Crippen molar-refractivity contribution in [2.24, 2.45) is 0 Å². The highest BCUT2D eigenvalue weighted by atomic mass is 16.3. The Morgan fingerprint density at radius 3 is 2.38 bits per heavy atom. The minimum absolute atomic E-state index is 0.880. The van der Waals surface area contributed by atoms with Gasteiger partial charge in [-0.15, -0.1) is 0 Å². The number of benzene rings is 3. The van der Waals surface area contributed by atoms with Crippen molar-refractivity contribution in [2.45, 2.75) is 0 Å². The summed E-state index contributed by atoms with van der Waals surface area (Å²) in [6, 6.07) is 18.4. The van der Waals surface area contributed by atoms with Gasteiger partial charge in [0.1, 0.15) is 30.2 Å². The van der Waals surface area contributed by atoms with Crippen LogP contribution in [-0.4, -0.2) is 7.85 Å². The minimum Gasteiger partial charge on any atom is -0.456 e. The van der Waals surface area contributed by atoms with Gasteiger partial charge in [-0.3, -0.25) is 0 Å². The monoisotopic (exact) mass is 270 g/mol. The van der Waals surface area contributed by atoms with E-state index in [0.29, 0.717) is 0 Å². The molecule has 0 saturated carbocycles. The van der Waals surface area contributed by atoms with E-state index in [4.69, 9.17) is 8.83 Å². The topological polar surface area (TPSA) is 26.3 Å². The molecule has 2 aromatic heterocycles. The van der Waals surface area contributed by atoms with Crippen molar-refractivity contribution >= 4 is 57.2 Å². The Balaban J connectivity index is 2.15. The Morgan fingerprint density at radius 2 is 1.43 bits per heavy atom. The first-order valence-corrected chi connectivity index (χ1v) is 7.05. The SMILES string of the molecule is Bc1cccc2oc3ccc4c5ccccc5oc4c3c12. The molecule has 0 amide bonds. The summed E-state index contributed by atoms with van der Waals surface area (Å²) in [7, 11) is 2.11. The van der Waals surface area contributed by atoms with Gasteiger partial charge < -0.3 is 8.83 Å². The number of fused-ring (bicyclic) bond motifs is 7. The van der Waals surface area contributed by atoms with Gasteiger partial charge in [0.2, 0.25) is 0 Å². The highest BCUT2D eigenvalue weighted by Crippen LogP contribution is 2.38. The molecule has 0 aliphatic carbocycles. The number of hydrogen-bond donors (Lipinski definition) is 0. The van der Waals surface area contributed by atoms with E-state index in [2.05, 4.69) is 26.0 Å². The molecule has 0 atom stereocenters. The summed E-state index contributed by atoms with van der Waals surface area (Å²) in [4.78, 5) is 0. The van der Waals surface area contributed by atoms with Gasteiger partial charge in [-0.05, 0) is 24.3 Å². The second-order valence-corrected chi connectivity index (χ2v) is 5.46. The molecule has 3 heteroatoms. The summed E-state index contributed by atoms with van der Waals surface area (Å²) in [5.41, 5.74) is 4.84. The quantitative estimate of drug-likeness (QED) is 0.401. The molecule has 0 radical (unpaired) electrons. The molecule has 0 unspecified atom stereocenters. The highest BCUT2D eigenvalue weighted by Gasteiger charge is 2.16. The van der Waals surface area contributed by atoms with Crippen molar-refractivity contribution in [3.05, 3.63) is 54.6 Å². The first kappa shape index (κ1) is 11.0. The van der Waals surface area contributed by atoms with E-state index in [9.17, 15) is 0 Å². The molecule has 5 rings (SSSR count). The molecule has 0 aliphatic rings. The van der Waals surface area contributed by atoms with Crippen LogP contribution < -0.4 is 5.46 Å². The van der Waals surface area contributed by atoms with Gasteiger partial charge in [0.05, 0.1) is 5.39 Å². The summed E-state index contributed by atoms with van der Waals surface area (Å²) in [6.45, 7) is 0. The zero-order valence-electron chi connectivity index (χ0n) is 11.5. The van der Waals surface area contributed by atoms with E-state index >= 15 is 0 Å². The van der Waals surface area contributed by atoms with Crippen molar-refractivity contribution < 1.29 is 8.83 Å². The first-order valence-electron chi connectivity index (χ1n) is 7.05. The van der Waals surface area contributed by atoms with Crippen LogP contribution in [0, 0.1) is 0 Å². The maximum absolute atomic E-state index is 6.13. The predicted octanol–water partition coefficient (Wildman–Crippen LogP) is 3.74. The molecule has 0 spiro atoms. The fraction of sp³-hybridized carbons (Fsp3) is 0. The fourth-order valence-corrected chi connectivity index (χ4v) is 3.26. The third-order valence-electron chi connectivity index (χ3n) is 4.21. The van der Waals surface area contributed by atoms with Crippen LogP contribution >= 0.6 is 0 Å². The van der Waals surface area contributed by atoms with Crippen molar-refractivity contribution in [2.75, 3.05) is 0 Å². The summed E-state index contributed by atoms with van der Waals surface area (Å²) in [5, 5.41) is 4.52. The fourth-order valence-electron chi connectivity index (χ4n) is 3.26. The Labute approximate surface area is 121 Å². The number of hydrogen-bond acceptors (Lipinski definition) is 2. The molecular formula is C18H11BO2. The van der Waals surface area contributed by atoms with Crippen LogP contribution in [0.15, 0.2) is 63.4 Å². The summed E-state index contributed by atoms with van der Waals surface area (Å²) >= 11 is 0. The standard InChI is InChI=1S/C18H11BO2/c19-12-5-3-7-14-16(12)17-15(20-14)9-8-11-10-4-1-2-6-13(10)21-18(11)17/h1-9H,19H2. The van der Waals surface area contributed by atoms with Crippen molar-refractivity contribution in [1.29, 1.82) is 0 Å². The third-order valence-corrected chi connectivity index (χ3v) is 4.21. The van der Waals surface area contributed by atoms with Gasteiger partial charge in [-0.2, -0.15) is 0 Å². The largest absolute Gasteiger partial charge is 0.456 e. The number of rotatable bonds is 0. The average Bonchev–Trinajstić information content (AvgIpc) is 3.05. The van der Waals surface area contributed by atoms with Gasteiger partial charge in [-0.1, -0.05) is 35.8 Å². The average molecular weight is 270 g/mol.